The number of hydrogen-bond donors (Lipinski definition) is 7. The summed E-state index contributed by atoms with van der Waals surface area (Å²) in [6, 6.07) is 1.45. The summed E-state index contributed by atoms with van der Waals surface area (Å²) < 4.78 is 0. The molecule has 1 fully saturated rings. The van der Waals surface area contributed by atoms with Crippen LogP contribution in [0.3, 0.4) is 0 Å². The molecule has 3 rings (SSSR count). The van der Waals surface area contributed by atoms with Crippen molar-refractivity contribution < 1.29 is 34.2 Å². The first-order chi connectivity index (χ1) is 18.0. The lowest BCUT2D eigenvalue weighted by atomic mass is 10.0. The number of aromatic nitrogens is 2. The number of nitrogens with zero attached hydrogens (tertiary/aromatic N) is 2. The summed E-state index contributed by atoms with van der Waals surface area (Å²) in [5, 5.41) is 23.9. The number of nitrogens with two attached hydrogens (primary N) is 2. The fourth-order valence-electron chi connectivity index (χ4n) is 4.24. The minimum atomic E-state index is -1.54. The van der Waals surface area contributed by atoms with E-state index in [0.29, 0.717) is 17.7 Å². The molecule has 0 spiro atoms. The van der Waals surface area contributed by atoms with Gasteiger partial charge in [0.15, 0.2) is 0 Å². The van der Waals surface area contributed by atoms with E-state index < -0.39 is 60.2 Å². The van der Waals surface area contributed by atoms with E-state index >= 15 is 0 Å². The number of carbonyl (C=O) groups excluding carboxylic acids is 4. The molecule has 9 N–H and O–H groups in total. The molecule has 204 valence electrons. The number of nitrogens with one attached hydrogen (secondary N) is 3. The second kappa shape index (κ2) is 12.7. The topological polar surface area (TPSA) is 234 Å². The van der Waals surface area contributed by atoms with E-state index in [1.54, 1.807) is 12.1 Å². The van der Waals surface area contributed by atoms with Gasteiger partial charge in [-0.25, -0.2) is 9.78 Å². The Morgan fingerprint density at radius 2 is 1.82 bits per heavy atom. The number of H-pyrrole nitrogens is 1. The number of imidazole rings is 1. The maximum absolute atomic E-state index is 13.6. The number of carboxylic acids is 1. The smallest absolute Gasteiger partial charge is 0.326 e. The summed E-state index contributed by atoms with van der Waals surface area (Å²) in [6.07, 6.45) is 3.31. The molecule has 1 aromatic heterocycles. The predicted octanol–water partition coefficient (Wildman–Crippen LogP) is -1.85. The third-order valence-corrected chi connectivity index (χ3v) is 6.18. The Kier molecular flexibility index (Phi) is 9.38. The van der Waals surface area contributed by atoms with Crippen LogP contribution in [0.1, 0.15) is 30.5 Å². The molecule has 4 atom stereocenters. The van der Waals surface area contributed by atoms with Gasteiger partial charge in [-0.3, -0.25) is 19.2 Å². The monoisotopic (exact) mass is 529 g/mol. The molecule has 2 aromatic rings. The predicted molar refractivity (Wildman–Crippen MR) is 132 cm³/mol. The Balaban J connectivity index is 1.77. The lowest BCUT2D eigenvalue weighted by Gasteiger charge is -2.30. The third-order valence-electron chi connectivity index (χ3n) is 6.18. The van der Waals surface area contributed by atoms with Crippen molar-refractivity contribution in [2.75, 3.05) is 6.54 Å². The minimum absolute atomic E-state index is 0.0301. The van der Waals surface area contributed by atoms with Gasteiger partial charge in [0.1, 0.15) is 23.9 Å². The largest absolute Gasteiger partial charge is 0.508 e. The van der Waals surface area contributed by atoms with Crippen molar-refractivity contribution in [3.63, 3.8) is 0 Å². The number of aromatic hydroxyl groups is 1. The van der Waals surface area contributed by atoms with Crippen molar-refractivity contribution in [2.45, 2.75) is 56.3 Å². The van der Waals surface area contributed by atoms with Crippen molar-refractivity contribution in [1.82, 2.24) is 25.5 Å². The molecule has 0 saturated carbocycles. The summed E-state index contributed by atoms with van der Waals surface area (Å²) in [5.41, 5.74) is 12.4. The number of phenols is 1. The Labute approximate surface area is 217 Å². The Bertz CT molecular complexity index is 1150. The number of aromatic amines is 1. The highest BCUT2D eigenvalue weighted by Crippen LogP contribution is 2.21. The van der Waals surface area contributed by atoms with Crippen LogP contribution in [0.2, 0.25) is 0 Å². The highest BCUT2D eigenvalue weighted by atomic mass is 16.4. The van der Waals surface area contributed by atoms with Crippen LogP contribution in [0, 0.1) is 0 Å². The first kappa shape index (κ1) is 28.1. The van der Waals surface area contributed by atoms with Crippen LogP contribution in [-0.4, -0.2) is 85.4 Å². The number of rotatable bonds is 12. The molecule has 0 aliphatic carbocycles. The van der Waals surface area contributed by atoms with Crippen molar-refractivity contribution in [1.29, 1.82) is 0 Å². The molecule has 1 aliphatic heterocycles. The average molecular weight is 530 g/mol. The molecular weight excluding hydrogens is 498 g/mol. The average Bonchev–Trinajstić information content (AvgIpc) is 3.56. The van der Waals surface area contributed by atoms with Crippen LogP contribution in [-0.2, 0) is 36.8 Å². The number of carboxylic acid groups (broad SMARTS) is 1. The number of aliphatic carboxylic acids is 1. The first-order valence-corrected chi connectivity index (χ1v) is 12.0. The van der Waals surface area contributed by atoms with E-state index in [1.807, 2.05) is 0 Å². The fraction of sp³-hybridized carbons (Fsp3) is 0.417. The summed E-state index contributed by atoms with van der Waals surface area (Å²) >= 11 is 0. The Hall–Kier alpha value is -4.46. The van der Waals surface area contributed by atoms with E-state index in [-0.39, 0.29) is 31.6 Å². The number of benzene rings is 1. The van der Waals surface area contributed by atoms with Gasteiger partial charge < -0.3 is 42.2 Å². The van der Waals surface area contributed by atoms with Crippen molar-refractivity contribution in [3.8, 4) is 5.75 Å². The highest BCUT2D eigenvalue weighted by Gasteiger charge is 2.39. The SMILES string of the molecule is NC(=O)CC(NC(=O)C1CCCN1C(=O)C(Cc1ccc(O)cc1)NC(=O)C(N)Cc1cnc[nH]1)C(=O)O. The normalized spacial score (nSPS) is 17.3. The van der Waals surface area contributed by atoms with Gasteiger partial charge in [-0.1, -0.05) is 12.1 Å². The quantitative estimate of drug-likeness (QED) is 0.163. The summed E-state index contributed by atoms with van der Waals surface area (Å²) in [5.74, 6) is -4.20. The molecule has 0 radical (unpaired) electrons. The van der Waals surface area contributed by atoms with Gasteiger partial charge in [0.2, 0.25) is 23.6 Å². The highest BCUT2D eigenvalue weighted by molar-refractivity contribution is 5.95. The molecule has 1 aromatic carbocycles. The van der Waals surface area contributed by atoms with Gasteiger partial charge in [-0.05, 0) is 30.5 Å². The zero-order valence-corrected chi connectivity index (χ0v) is 20.5. The van der Waals surface area contributed by atoms with Crippen LogP contribution >= 0.6 is 0 Å². The number of phenolic OH excluding ortho intramolecular Hbond substituents is 1. The van der Waals surface area contributed by atoms with Gasteiger partial charge in [0.05, 0.1) is 18.8 Å². The molecule has 38 heavy (non-hydrogen) atoms. The van der Waals surface area contributed by atoms with Gasteiger partial charge in [0, 0.05) is 31.3 Å². The zero-order chi connectivity index (χ0) is 27.8. The fourth-order valence-corrected chi connectivity index (χ4v) is 4.24. The molecule has 4 unspecified atom stereocenters. The second-order valence-corrected chi connectivity index (χ2v) is 9.08. The Morgan fingerprint density at radius 1 is 1.11 bits per heavy atom. The van der Waals surface area contributed by atoms with Gasteiger partial charge >= 0.3 is 5.97 Å². The zero-order valence-electron chi connectivity index (χ0n) is 20.5. The molecule has 14 nitrogen and oxygen atoms in total. The van der Waals surface area contributed by atoms with E-state index in [9.17, 15) is 34.2 Å². The van der Waals surface area contributed by atoms with Gasteiger partial charge in [-0.15, -0.1) is 0 Å². The Morgan fingerprint density at radius 3 is 2.42 bits per heavy atom. The van der Waals surface area contributed by atoms with E-state index in [1.165, 1.54) is 29.6 Å². The molecule has 4 amide bonds. The molecule has 2 heterocycles. The van der Waals surface area contributed by atoms with Crippen molar-refractivity contribution in [2.24, 2.45) is 11.5 Å². The first-order valence-electron chi connectivity index (χ1n) is 12.0. The third kappa shape index (κ3) is 7.52. The lowest BCUT2D eigenvalue weighted by molar-refractivity contribution is -0.145. The molecule has 1 saturated heterocycles. The second-order valence-electron chi connectivity index (χ2n) is 9.08. The van der Waals surface area contributed by atoms with E-state index in [2.05, 4.69) is 20.6 Å². The number of likely N-dealkylation sites (tertiary alicyclic amines) is 1. The standard InChI is InChI=1S/C24H31N7O7/c25-16(9-14-11-27-12-28-14)21(34)29-17(8-13-3-5-15(32)6-4-13)23(36)31-7-1-2-19(31)22(35)30-18(24(37)38)10-20(26)33/h3-6,11-12,16-19,32H,1-2,7-10,25H2,(H2,26,33)(H,27,28)(H,29,34)(H,30,35)(H,37,38). The van der Waals surface area contributed by atoms with E-state index in [0.717, 1.165) is 0 Å². The number of amides is 4. The lowest BCUT2D eigenvalue weighted by Crippen LogP contribution is -2.57. The maximum atomic E-state index is 13.6. The van der Waals surface area contributed by atoms with Crippen LogP contribution in [0.15, 0.2) is 36.8 Å². The van der Waals surface area contributed by atoms with E-state index in [4.69, 9.17) is 11.5 Å². The van der Waals surface area contributed by atoms with Crippen molar-refractivity contribution >= 4 is 29.6 Å². The van der Waals surface area contributed by atoms with Gasteiger partial charge in [-0.2, -0.15) is 0 Å². The van der Waals surface area contributed by atoms with Crippen molar-refractivity contribution in [3.05, 3.63) is 48.0 Å². The molecular formula is C24H31N7O7. The summed E-state index contributed by atoms with van der Waals surface area (Å²) in [7, 11) is 0. The number of primary amides is 1. The number of carbonyl (C=O) groups is 5. The van der Waals surface area contributed by atoms with Crippen LogP contribution in [0.5, 0.6) is 5.75 Å². The number of hydrogen-bond acceptors (Lipinski definition) is 8. The van der Waals surface area contributed by atoms with Crippen LogP contribution in [0.25, 0.3) is 0 Å². The maximum Gasteiger partial charge on any atom is 0.326 e. The van der Waals surface area contributed by atoms with Gasteiger partial charge in [0.25, 0.3) is 0 Å². The summed E-state index contributed by atoms with van der Waals surface area (Å²) in [6.45, 7) is 0.201. The molecule has 1 aliphatic rings. The van der Waals surface area contributed by atoms with Crippen LogP contribution in [0.4, 0.5) is 0 Å². The molecule has 14 heteroatoms. The molecule has 0 bridgehead atoms. The summed E-state index contributed by atoms with van der Waals surface area (Å²) in [4.78, 5) is 70.1. The van der Waals surface area contributed by atoms with Crippen LogP contribution < -0.4 is 22.1 Å². The minimum Gasteiger partial charge on any atom is -0.508 e.